The second-order valence-corrected chi connectivity index (χ2v) is 8.21. The molecule has 1 aromatic carbocycles. The molecule has 0 spiro atoms. The lowest BCUT2D eigenvalue weighted by Crippen LogP contribution is -2.23. The van der Waals surface area contributed by atoms with Crippen LogP contribution < -0.4 is 10.2 Å². The molecule has 1 atom stereocenters. The molecule has 25 heavy (non-hydrogen) atoms. The van der Waals surface area contributed by atoms with E-state index < -0.39 is 0 Å². The van der Waals surface area contributed by atoms with Crippen molar-refractivity contribution >= 4 is 28.4 Å². The Bertz CT molecular complexity index is 745. The molecule has 130 valence electrons. The highest BCUT2D eigenvalue weighted by Crippen LogP contribution is 2.23. The Labute approximate surface area is 157 Å². The summed E-state index contributed by atoms with van der Waals surface area (Å²) < 4.78 is 0. The van der Waals surface area contributed by atoms with Crippen LogP contribution >= 0.6 is 22.7 Å². The van der Waals surface area contributed by atoms with Gasteiger partial charge in [-0.2, -0.15) is 11.3 Å². The molecule has 0 aliphatic carbocycles. The van der Waals surface area contributed by atoms with Gasteiger partial charge in [-0.1, -0.05) is 12.1 Å². The maximum atomic E-state index is 4.53. The van der Waals surface area contributed by atoms with E-state index in [1.54, 1.807) is 22.7 Å². The molecule has 4 rings (SSSR count). The fourth-order valence-corrected chi connectivity index (χ4v) is 4.73. The van der Waals surface area contributed by atoms with Gasteiger partial charge in [-0.15, -0.1) is 11.3 Å². The van der Waals surface area contributed by atoms with Crippen molar-refractivity contribution in [3.05, 3.63) is 68.8 Å². The number of hydrogen-bond acceptors (Lipinski definition) is 5. The van der Waals surface area contributed by atoms with Gasteiger partial charge in [0.15, 0.2) is 0 Å². The third-order valence-electron chi connectivity index (χ3n) is 4.73. The standard InChI is InChI=1S/C20H23N3S2/c1-2-10-23(9-1)18-5-3-16(4-6-18)14-22-19(20-21-8-12-25-20)13-17-7-11-24-15-17/h3-8,11-12,15,19,22H,1-2,9-10,13-14H2/t19-/m1/s1. The highest BCUT2D eigenvalue weighted by atomic mass is 32.1. The SMILES string of the molecule is c1csc([C@@H](Cc2ccsc2)NCc2ccc(N3CCCC3)cc2)n1. The van der Waals surface area contributed by atoms with Crippen molar-refractivity contribution in [1.29, 1.82) is 0 Å². The monoisotopic (exact) mass is 369 g/mol. The van der Waals surface area contributed by atoms with E-state index in [0.717, 1.165) is 13.0 Å². The first-order valence-electron chi connectivity index (χ1n) is 8.86. The maximum absolute atomic E-state index is 4.53. The molecular formula is C20H23N3S2. The summed E-state index contributed by atoms with van der Waals surface area (Å²) in [7, 11) is 0. The van der Waals surface area contributed by atoms with Crippen LogP contribution in [0.2, 0.25) is 0 Å². The number of nitrogens with zero attached hydrogens (tertiary/aromatic N) is 2. The summed E-state index contributed by atoms with van der Waals surface area (Å²) in [5.41, 5.74) is 4.06. The molecule has 0 bridgehead atoms. The summed E-state index contributed by atoms with van der Waals surface area (Å²) in [6.45, 7) is 3.27. The van der Waals surface area contributed by atoms with Gasteiger partial charge in [0.2, 0.25) is 0 Å². The van der Waals surface area contributed by atoms with Crippen LogP contribution in [-0.2, 0) is 13.0 Å². The summed E-state index contributed by atoms with van der Waals surface area (Å²) >= 11 is 3.49. The summed E-state index contributed by atoms with van der Waals surface area (Å²) in [6.07, 6.45) is 5.53. The Hall–Kier alpha value is -1.69. The average molecular weight is 370 g/mol. The molecule has 1 aliphatic rings. The van der Waals surface area contributed by atoms with E-state index in [1.165, 1.54) is 47.8 Å². The Kier molecular flexibility index (Phi) is 5.45. The number of nitrogens with one attached hydrogen (secondary N) is 1. The van der Waals surface area contributed by atoms with Crippen molar-refractivity contribution in [2.45, 2.75) is 31.8 Å². The summed E-state index contributed by atoms with van der Waals surface area (Å²) in [5, 5.41) is 11.3. The molecule has 1 saturated heterocycles. The molecule has 3 heterocycles. The van der Waals surface area contributed by atoms with Crippen LogP contribution in [0.5, 0.6) is 0 Å². The summed E-state index contributed by atoms with van der Waals surface area (Å²) in [5.74, 6) is 0. The first kappa shape index (κ1) is 16.8. The molecule has 0 saturated carbocycles. The molecule has 1 aliphatic heterocycles. The van der Waals surface area contributed by atoms with Crippen molar-refractivity contribution in [2.75, 3.05) is 18.0 Å². The maximum Gasteiger partial charge on any atom is 0.110 e. The first-order chi connectivity index (χ1) is 12.4. The molecule has 0 amide bonds. The van der Waals surface area contributed by atoms with Crippen molar-refractivity contribution < 1.29 is 0 Å². The lowest BCUT2D eigenvalue weighted by Gasteiger charge is -2.19. The molecule has 0 unspecified atom stereocenters. The zero-order valence-electron chi connectivity index (χ0n) is 14.2. The van der Waals surface area contributed by atoms with Gasteiger partial charge in [-0.05, 0) is 59.3 Å². The van der Waals surface area contributed by atoms with Crippen molar-refractivity contribution in [1.82, 2.24) is 10.3 Å². The number of thiazole rings is 1. The van der Waals surface area contributed by atoms with E-state index in [9.17, 15) is 0 Å². The van der Waals surface area contributed by atoms with Gasteiger partial charge in [0.25, 0.3) is 0 Å². The van der Waals surface area contributed by atoms with Crippen LogP contribution in [0, 0.1) is 0 Å². The lowest BCUT2D eigenvalue weighted by molar-refractivity contribution is 0.528. The Morgan fingerprint density at radius 2 is 1.88 bits per heavy atom. The molecule has 0 radical (unpaired) electrons. The zero-order chi connectivity index (χ0) is 16.9. The summed E-state index contributed by atoms with van der Waals surface area (Å²) in [4.78, 5) is 7.01. The van der Waals surface area contributed by atoms with E-state index in [-0.39, 0.29) is 6.04 Å². The second kappa shape index (κ2) is 8.13. The van der Waals surface area contributed by atoms with E-state index in [1.807, 2.05) is 6.20 Å². The van der Waals surface area contributed by atoms with Crippen LogP contribution in [0.25, 0.3) is 0 Å². The van der Waals surface area contributed by atoms with E-state index in [0.29, 0.717) is 0 Å². The minimum absolute atomic E-state index is 0.271. The molecule has 3 nitrogen and oxygen atoms in total. The Morgan fingerprint density at radius 3 is 2.56 bits per heavy atom. The molecule has 1 N–H and O–H groups in total. The lowest BCUT2D eigenvalue weighted by atomic mass is 10.1. The van der Waals surface area contributed by atoms with E-state index in [4.69, 9.17) is 0 Å². The van der Waals surface area contributed by atoms with E-state index in [2.05, 4.69) is 61.7 Å². The number of thiophene rings is 1. The zero-order valence-corrected chi connectivity index (χ0v) is 15.9. The smallest absolute Gasteiger partial charge is 0.110 e. The van der Waals surface area contributed by atoms with Crippen LogP contribution in [0.4, 0.5) is 5.69 Å². The van der Waals surface area contributed by atoms with Gasteiger partial charge in [0.05, 0.1) is 6.04 Å². The van der Waals surface area contributed by atoms with Crippen LogP contribution in [0.15, 0.2) is 52.7 Å². The van der Waals surface area contributed by atoms with Crippen LogP contribution in [-0.4, -0.2) is 18.1 Å². The van der Waals surface area contributed by atoms with Crippen molar-refractivity contribution in [3.8, 4) is 0 Å². The number of benzene rings is 1. The fraction of sp³-hybridized carbons (Fsp3) is 0.350. The molecule has 1 fully saturated rings. The van der Waals surface area contributed by atoms with Gasteiger partial charge < -0.3 is 10.2 Å². The predicted molar refractivity (Wildman–Crippen MR) is 108 cm³/mol. The quantitative estimate of drug-likeness (QED) is 0.643. The third kappa shape index (κ3) is 4.29. The third-order valence-corrected chi connectivity index (χ3v) is 6.35. The van der Waals surface area contributed by atoms with Gasteiger partial charge >= 0.3 is 0 Å². The Balaban J connectivity index is 1.40. The van der Waals surface area contributed by atoms with Gasteiger partial charge in [-0.3, -0.25) is 0 Å². The predicted octanol–water partition coefficient (Wildman–Crippen LogP) is 4.88. The Morgan fingerprint density at radius 1 is 1.04 bits per heavy atom. The molecular weight excluding hydrogens is 346 g/mol. The fourth-order valence-electron chi connectivity index (χ4n) is 3.34. The molecule has 3 aromatic rings. The molecule has 5 heteroatoms. The normalized spacial score (nSPS) is 15.6. The topological polar surface area (TPSA) is 28.2 Å². The van der Waals surface area contributed by atoms with Gasteiger partial charge in [-0.25, -0.2) is 4.98 Å². The minimum atomic E-state index is 0.271. The second-order valence-electron chi connectivity index (χ2n) is 6.50. The first-order valence-corrected chi connectivity index (χ1v) is 10.7. The van der Waals surface area contributed by atoms with Crippen LogP contribution in [0.3, 0.4) is 0 Å². The van der Waals surface area contributed by atoms with E-state index >= 15 is 0 Å². The highest BCUT2D eigenvalue weighted by Gasteiger charge is 2.15. The molecule has 2 aromatic heterocycles. The largest absolute Gasteiger partial charge is 0.372 e. The number of rotatable bonds is 7. The number of anilines is 1. The minimum Gasteiger partial charge on any atom is -0.372 e. The van der Waals surface area contributed by atoms with Gasteiger partial charge in [0.1, 0.15) is 5.01 Å². The highest BCUT2D eigenvalue weighted by molar-refractivity contribution is 7.09. The van der Waals surface area contributed by atoms with Crippen molar-refractivity contribution in [2.24, 2.45) is 0 Å². The average Bonchev–Trinajstić information content (AvgIpc) is 3.42. The van der Waals surface area contributed by atoms with Gasteiger partial charge in [0, 0.05) is 36.9 Å². The summed E-state index contributed by atoms with van der Waals surface area (Å²) in [6, 6.07) is 11.5. The van der Waals surface area contributed by atoms with Crippen molar-refractivity contribution in [3.63, 3.8) is 0 Å². The number of hydrogen-bond donors (Lipinski definition) is 1. The number of aromatic nitrogens is 1. The van der Waals surface area contributed by atoms with Crippen LogP contribution in [0.1, 0.15) is 35.0 Å².